The van der Waals surface area contributed by atoms with E-state index in [0.717, 1.165) is 6.42 Å². The molecule has 1 N–H and O–H groups in total. The molecular weight excluding hydrogens is 409 g/mol. The molecule has 9 nitrogen and oxygen atoms in total. The van der Waals surface area contributed by atoms with Crippen molar-refractivity contribution < 1.29 is 33.0 Å². The van der Waals surface area contributed by atoms with Gasteiger partial charge in [-0.2, -0.15) is 0 Å². The fourth-order valence-corrected chi connectivity index (χ4v) is 4.66. The van der Waals surface area contributed by atoms with Gasteiger partial charge in [0.05, 0.1) is 49.1 Å². The molecule has 3 fully saturated rings. The number of hydrogen-bond acceptors (Lipinski definition) is 9. The topological polar surface area (TPSA) is 89.7 Å². The molecule has 3 aliphatic heterocycles. The molecule has 1 aromatic carbocycles. The van der Waals surface area contributed by atoms with Crippen molar-refractivity contribution >= 4 is 22.5 Å². The second kappa shape index (κ2) is 8.18. The lowest BCUT2D eigenvalue weighted by Gasteiger charge is -2.38. The summed E-state index contributed by atoms with van der Waals surface area (Å²) in [5, 5.41) is 14.9. The van der Waals surface area contributed by atoms with Gasteiger partial charge in [0.25, 0.3) is 0 Å². The van der Waals surface area contributed by atoms with E-state index < -0.39 is 18.5 Å². The first kappa shape index (κ1) is 20.9. The van der Waals surface area contributed by atoms with Gasteiger partial charge in [0.15, 0.2) is 17.9 Å². The van der Waals surface area contributed by atoms with E-state index in [4.69, 9.17) is 23.5 Å². The normalized spacial score (nSPS) is 30.1. The van der Waals surface area contributed by atoms with E-state index in [1.54, 1.807) is 11.0 Å². The summed E-state index contributed by atoms with van der Waals surface area (Å²) in [5.74, 6) is -0.180. The van der Waals surface area contributed by atoms with Crippen molar-refractivity contribution in [3.8, 4) is 0 Å². The monoisotopic (exact) mass is 437 g/mol. The maximum atomic E-state index is 15.9. The number of rotatable bonds is 4. The maximum absolute atomic E-state index is 15.9. The first-order chi connectivity index (χ1) is 15.0. The minimum Gasteiger partial charge on any atom is -0.372 e. The highest BCUT2D eigenvalue weighted by atomic mass is 19.1. The Kier molecular flexibility index (Phi) is 5.51. The predicted molar refractivity (Wildman–Crippen MR) is 109 cm³/mol. The molecule has 0 amide bonds. The zero-order valence-electron chi connectivity index (χ0n) is 17.9. The third-order valence-corrected chi connectivity index (χ3v) is 6.01. The molecule has 1 aromatic heterocycles. The van der Waals surface area contributed by atoms with Crippen LogP contribution in [0.5, 0.6) is 0 Å². The van der Waals surface area contributed by atoms with Crippen LogP contribution in [0.4, 0.5) is 15.9 Å². The number of aliphatic hydroxyl groups excluding tert-OH is 1. The molecule has 0 bridgehead atoms. The van der Waals surface area contributed by atoms with Crippen LogP contribution in [-0.4, -0.2) is 67.8 Å². The molecule has 4 atom stereocenters. The van der Waals surface area contributed by atoms with Gasteiger partial charge in [-0.25, -0.2) is 4.39 Å². The average molecular weight is 437 g/mol. The van der Waals surface area contributed by atoms with Gasteiger partial charge in [-0.15, -0.1) is 0 Å². The number of aromatic nitrogens is 1. The van der Waals surface area contributed by atoms with E-state index in [9.17, 15) is 5.11 Å². The molecule has 31 heavy (non-hydrogen) atoms. The van der Waals surface area contributed by atoms with Gasteiger partial charge in [-0.05, 0) is 26.3 Å². The van der Waals surface area contributed by atoms with Crippen LogP contribution in [0.15, 0.2) is 10.6 Å². The van der Waals surface area contributed by atoms with E-state index in [2.05, 4.69) is 5.16 Å². The lowest BCUT2D eigenvalue weighted by Crippen LogP contribution is -2.46. The fourth-order valence-electron chi connectivity index (χ4n) is 4.66. The number of hydrogen-bond donors (Lipinski definition) is 1. The standard InChI is InChI=1S/C21H28FN3O6/c1-4-13-10-25(21(26)30-13)19-15-7-14(20-27-5-6-28-20)17(16(22)18(15)31-23-19)24-8-11(2)29-12(3)9-24/h7,11-13,20-21,26H,4-6,8-10H2,1-3H3/t11-,12-,13+,21?/m1/s1. The van der Waals surface area contributed by atoms with E-state index in [1.807, 2.05) is 25.7 Å². The van der Waals surface area contributed by atoms with E-state index in [-0.39, 0.29) is 23.9 Å². The van der Waals surface area contributed by atoms with Gasteiger partial charge >= 0.3 is 0 Å². The Bertz CT molecular complexity index is 939. The number of ether oxygens (including phenoxy) is 4. The highest BCUT2D eigenvalue weighted by molar-refractivity contribution is 5.93. The van der Waals surface area contributed by atoms with Crippen molar-refractivity contribution in [1.29, 1.82) is 0 Å². The van der Waals surface area contributed by atoms with Crippen LogP contribution in [0.1, 0.15) is 39.0 Å². The number of morpholine rings is 1. The Morgan fingerprint density at radius 2 is 1.84 bits per heavy atom. The second-order valence-corrected chi connectivity index (χ2v) is 8.39. The van der Waals surface area contributed by atoms with Crippen LogP contribution >= 0.6 is 0 Å². The summed E-state index contributed by atoms with van der Waals surface area (Å²) in [6.45, 7) is 8.28. The van der Waals surface area contributed by atoms with Gasteiger partial charge in [0, 0.05) is 18.7 Å². The number of aliphatic hydroxyl groups is 1. The van der Waals surface area contributed by atoms with Gasteiger partial charge in [-0.1, -0.05) is 12.1 Å². The molecule has 10 heteroatoms. The van der Waals surface area contributed by atoms with E-state index in [0.29, 0.717) is 55.3 Å². The molecule has 3 saturated heterocycles. The number of benzene rings is 1. The highest BCUT2D eigenvalue weighted by Gasteiger charge is 2.37. The Balaban J connectivity index is 1.62. The average Bonchev–Trinajstić information content (AvgIpc) is 3.46. The fraction of sp³-hybridized carbons (Fsp3) is 0.667. The van der Waals surface area contributed by atoms with Crippen molar-refractivity contribution in [1.82, 2.24) is 5.16 Å². The van der Waals surface area contributed by atoms with Crippen molar-refractivity contribution in [2.24, 2.45) is 0 Å². The van der Waals surface area contributed by atoms with E-state index in [1.165, 1.54) is 0 Å². The van der Waals surface area contributed by atoms with Gasteiger partial charge in [-0.3, -0.25) is 0 Å². The molecule has 4 heterocycles. The van der Waals surface area contributed by atoms with Gasteiger partial charge < -0.3 is 38.4 Å². The lowest BCUT2D eigenvalue weighted by atomic mass is 10.0. The molecule has 1 unspecified atom stereocenters. The quantitative estimate of drug-likeness (QED) is 0.775. The van der Waals surface area contributed by atoms with Crippen LogP contribution in [0, 0.1) is 5.82 Å². The van der Waals surface area contributed by atoms with Crippen LogP contribution < -0.4 is 9.80 Å². The molecule has 2 aromatic rings. The number of fused-ring (bicyclic) bond motifs is 1. The summed E-state index contributed by atoms with van der Waals surface area (Å²) < 4.78 is 44.2. The minimum atomic E-state index is -1.16. The Morgan fingerprint density at radius 3 is 2.48 bits per heavy atom. The smallest absolute Gasteiger partial charge is 0.239 e. The van der Waals surface area contributed by atoms with Crippen LogP contribution in [0.25, 0.3) is 11.0 Å². The summed E-state index contributed by atoms with van der Waals surface area (Å²) in [6.07, 6.45) is -1.35. The SMILES string of the molecule is CC[C@H]1CN(c2noc3c(F)c(N4C[C@@H](C)O[C@H](C)C4)c(C4OCCO4)cc23)C(O)O1. The molecule has 0 spiro atoms. The van der Waals surface area contributed by atoms with Crippen LogP contribution in [0.3, 0.4) is 0 Å². The maximum Gasteiger partial charge on any atom is 0.239 e. The zero-order chi connectivity index (χ0) is 21.7. The lowest BCUT2D eigenvalue weighted by molar-refractivity contribution is -0.0889. The first-order valence-corrected chi connectivity index (χ1v) is 10.8. The molecule has 0 aliphatic carbocycles. The third kappa shape index (κ3) is 3.66. The summed E-state index contributed by atoms with van der Waals surface area (Å²) in [5.41, 5.74) is 0.995. The third-order valence-electron chi connectivity index (χ3n) is 6.01. The van der Waals surface area contributed by atoms with Crippen LogP contribution in [0.2, 0.25) is 0 Å². The van der Waals surface area contributed by atoms with Gasteiger partial charge in [0.1, 0.15) is 0 Å². The Hall–Kier alpha value is -1.98. The molecule has 170 valence electrons. The molecule has 0 radical (unpaired) electrons. The van der Waals surface area contributed by atoms with Crippen molar-refractivity contribution in [3.63, 3.8) is 0 Å². The molecular formula is C21H28FN3O6. The van der Waals surface area contributed by atoms with Crippen LogP contribution in [-0.2, 0) is 18.9 Å². The van der Waals surface area contributed by atoms with Crippen molar-refractivity contribution in [3.05, 3.63) is 17.4 Å². The van der Waals surface area contributed by atoms with Crippen molar-refractivity contribution in [2.75, 3.05) is 42.6 Å². The summed E-state index contributed by atoms with van der Waals surface area (Å²) in [7, 11) is 0. The van der Waals surface area contributed by atoms with Gasteiger partial charge in [0.2, 0.25) is 12.0 Å². The van der Waals surface area contributed by atoms with E-state index >= 15 is 4.39 Å². The summed E-state index contributed by atoms with van der Waals surface area (Å²) in [6, 6.07) is 1.80. The highest BCUT2D eigenvalue weighted by Crippen LogP contribution is 2.42. The zero-order valence-corrected chi connectivity index (χ0v) is 17.9. The molecule has 3 aliphatic rings. The number of anilines is 2. The Morgan fingerprint density at radius 1 is 1.13 bits per heavy atom. The largest absolute Gasteiger partial charge is 0.372 e. The second-order valence-electron chi connectivity index (χ2n) is 8.39. The predicted octanol–water partition coefficient (Wildman–Crippen LogP) is 2.52. The first-order valence-electron chi connectivity index (χ1n) is 10.8. The van der Waals surface area contributed by atoms with Crippen molar-refractivity contribution in [2.45, 2.75) is 58.2 Å². The molecule has 0 saturated carbocycles. The Labute approximate surface area is 179 Å². The number of halogens is 1. The summed E-state index contributed by atoms with van der Waals surface area (Å²) in [4.78, 5) is 3.54. The number of nitrogens with zero attached hydrogens (tertiary/aromatic N) is 3. The summed E-state index contributed by atoms with van der Waals surface area (Å²) >= 11 is 0. The minimum absolute atomic E-state index is 0.0330. The molecule has 5 rings (SSSR count).